The van der Waals surface area contributed by atoms with E-state index in [9.17, 15) is 4.79 Å². The van der Waals surface area contributed by atoms with Crippen molar-refractivity contribution < 1.29 is 4.79 Å². The zero-order chi connectivity index (χ0) is 21.2. The number of carbonyl (C=O) groups excluding carboxylic acids is 1. The fourth-order valence-electron chi connectivity index (χ4n) is 3.88. The van der Waals surface area contributed by atoms with Crippen molar-refractivity contribution in [3.05, 3.63) is 108 Å². The summed E-state index contributed by atoms with van der Waals surface area (Å²) in [5.74, 6) is -0.0751. The molecule has 4 nitrogen and oxygen atoms in total. The Kier molecular flexibility index (Phi) is 4.81. The van der Waals surface area contributed by atoms with E-state index in [1.54, 1.807) is 18.5 Å². The van der Waals surface area contributed by atoms with Crippen LogP contribution in [0.4, 0.5) is 0 Å². The molecule has 0 amide bonds. The van der Waals surface area contributed by atoms with E-state index < -0.39 is 0 Å². The molecule has 0 fully saturated rings. The van der Waals surface area contributed by atoms with Gasteiger partial charge >= 0.3 is 0 Å². The van der Waals surface area contributed by atoms with Gasteiger partial charge in [-0.2, -0.15) is 0 Å². The van der Waals surface area contributed by atoms with Crippen LogP contribution in [-0.2, 0) is 0 Å². The highest BCUT2D eigenvalue weighted by Crippen LogP contribution is 2.33. The van der Waals surface area contributed by atoms with Crippen LogP contribution in [0.3, 0.4) is 0 Å². The largest absolute Gasteiger partial charge is 0.289 e. The molecule has 3 aromatic carbocycles. The van der Waals surface area contributed by atoms with Crippen molar-refractivity contribution in [2.75, 3.05) is 0 Å². The fourth-order valence-corrected chi connectivity index (χ4v) is 3.88. The number of rotatable bonds is 4. The molecule has 5 aromatic rings. The first-order valence-electron chi connectivity index (χ1n) is 10.1. The molecule has 4 heteroatoms. The van der Waals surface area contributed by atoms with E-state index in [1.165, 1.54) is 0 Å². The highest BCUT2D eigenvalue weighted by atomic mass is 16.1. The number of hydrogen-bond donors (Lipinski definition) is 0. The zero-order valence-electron chi connectivity index (χ0n) is 17.0. The number of aryl methyl sites for hydroxylation is 1. The number of nitrogens with zero attached hydrogens (tertiary/aromatic N) is 3. The summed E-state index contributed by atoms with van der Waals surface area (Å²) < 4.78 is 0. The van der Waals surface area contributed by atoms with Crippen LogP contribution in [0.1, 0.15) is 21.6 Å². The molecule has 0 aliphatic heterocycles. The third-order valence-electron chi connectivity index (χ3n) is 5.30. The quantitative estimate of drug-likeness (QED) is 0.272. The topological polar surface area (TPSA) is 55.7 Å². The second kappa shape index (κ2) is 7.92. The molecule has 0 aliphatic rings. The predicted molar refractivity (Wildman–Crippen MR) is 125 cm³/mol. The van der Waals surface area contributed by atoms with Gasteiger partial charge in [0.2, 0.25) is 0 Å². The first-order chi connectivity index (χ1) is 15.2. The van der Waals surface area contributed by atoms with Gasteiger partial charge in [-0.3, -0.25) is 19.7 Å². The molecule has 2 heterocycles. The van der Waals surface area contributed by atoms with E-state index in [0.29, 0.717) is 5.56 Å². The Bertz CT molecular complexity index is 1460. The van der Waals surface area contributed by atoms with E-state index in [-0.39, 0.29) is 5.78 Å². The van der Waals surface area contributed by atoms with E-state index in [2.05, 4.69) is 9.97 Å². The summed E-state index contributed by atoms with van der Waals surface area (Å²) in [6.45, 7) is 1.89. The smallest absolute Gasteiger partial charge is 0.188 e. The van der Waals surface area contributed by atoms with Crippen LogP contribution in [0, 0.1) is 6.92 Å². The molecule has 0 radical (unpaired) electrons. The van der Waals surface area contributed by atoms with Crippen LogP contribution >= 0.6 is 0 Å². The van der Waals surface area contributed by atoms with Crippen molar-refractivity contribution in [2.24, 2.45) is 0 Å². The van der Waals surface area contributed by atoms with Crippen LogP contribution in [0.5, 0.6) is 0 Å². The highest BCUT2D eigenvalue weighted by molar-refractivity contribution is 6.16. The SMILES string of the molecule is Cc1nc2ccccc2c(-c2ccccc2)c1C(=O)C=Cc1ccc2nccnc2c1. The average molecular weight is 401 g/mol. The van der Waals surface area contributed by atoms with Gasteiger partial charge in [-0.05, 0) is 42.3 Å². The minimum atomic E-state index is -0.0751. The monoisotopic (exact) mass is 401 g/mol. The van der Waals surface area contributed by atoms with Gasteiger partial charge in [0.05, 0.1) is 22.1 Å². The Hall–Kier alpha value is -4.18. The fraction of sp³-hybridized carbons (Fsp3) is 0.0370. The Morgan fingerprint density at radius 1 is 0.806 bits per heavy atom. The number of benzene rings is 3. The zero-order valence-corrected chi connectivity index (χ0v) is 17.0. The molecule has 0 saturated carbocycles. The second-order valence-corrected chi connectivity index (χ2v) is 7.33. The molecule has 5 rings (SSSR count). The minimum Gasteiger partial charge on any atom is -0.289 e. The lowest BCUT2D eigenvalue weighted by Gasteiger charge is -2.14. The summed E-state index contributed by atoms with van der Waals surface area (Å²) in [6.07, 6.45) is 6.77. The van der Waals surface area contributed by atoms with E-state index in [4.69, 9.17) is 4.98 Å². The number of fused-ring (bicyclic) bond motifs is 2. The van der Waals surface area contributed by atoms with Gasteiger partial charge in [0.25, 0.3) is 0 Å². The molecule has 0 saturated heterocycles. The Balaban J connectivity index is 1.62. The predicted octanol–water partition coefficient (Wildman–Crippen LogP) is 6.05. The number of carbonyl (C=O) groups is 1. The summed E-state index contributed by atoms with van der Waals surface area (Å²) in [4.78, 5) is 26.7. The van der Waals surface area contributed by atoms with Gasteiger partial charge < -0.3 is 0 Å². The first-order valence-corrected chi connectivity index (χ1v) is 10.1. The van der Waals surface area contributed by atoms with Crippen LogP contribution in [0.15, 0.2) is 91.3 Å². The minimum absolute atomic E-state index is 0.0751. The number of para-hydroxylation sites is 1. The number of pyridine rings is 1. The van der Waals surface area contributed by atoms with E-state index in [0.717, 1.165) is 44.3 Å². The van der Waals surface area contributed by atoms with Crippen molar-refractivity contribution in [2.45, 2.75) is 6.92 Å². The molecule has 148 valence electrons. The average Bonchev–Trinajstić information content (AvgIpc) is 2.82. The van der Waals surface area contributed by atoms with Crippen molar-refractivity contribution >= 4 is 33.8 Å². The molecular weight excluding hydrogens is 382 g/mol. The first kappa shape index (κ1) is 18.8. The third-order valence-corrected chi connectivity index (χ3v) is 5.30. The summed E-state index contributed by atoms with van der Waals surface area (Å²) in [7, 11) is 0. The number of hydrogen-bond acceptors (Lipinski definition) is 4. The maximum Gasteiger partial charge on any atom is 0.188 e. The van der Waals surface area contributed by atoms with Crippen LogP contribution in [-0.4, -0.2) is 20.7 Å². The molecule has 0 spiro atoms. The Morgan fingerprint density at radius 3 is 2.39 bits per heavy atom. The van der Waals surface area contributed by atoms with E-state index in [1.807, 2.05) is 85.8 Å². The van der Waals surface area contributed by atoms with Crippen molar-refractivity contribution in [1.29, 1.82) is 0 Å². The molecule has 0 atom stereocenters. The van der Waals surface area contributed by atoms with Gasteiger partial charge in [-0.1, -0.05) is 60.7 Å². The lowest BCUT2D eigenvalue weighted by Crippen LogP contribution is -2.05. The molecule has 2 aromatic heterocycles. The lowest BCUT2D eigenvalue weighted by molar-refractivity contribution is 0.104. The van der Waals surface area contributed by atoms with Crippen molar-refractivity contribution in [3.8, 4) is 11.1 Å². The number of aromatic nitrogens is 3. The van der Waals surface area contributed by atoms with Gasteiger partial charge in [0, 0.05) is 29.0 Å². The normalized spacial score (nSPS) is 11.4. The third kappa shape index (κ3) is 3.60. The maximum atomic E-state index is 13.4. The van der Waals surface area contributed by atoms with Gasteiger partial charge in [0.1, 0.15) is 0 Å². The van der Waals surface area contributed by atoms with Crippen LogP contribution in [0.25, 0.3) is 39.1 Å². The van der Waals surface area contributed by atoms with Gasteiger partial charge in [-0.25, -0.2) is 0 Å². The number of ketones is 1. The second-order valence-electron chi connectivity index (χ2n) is 7.33. The Morgan fingerprint density at radius 2 is 1.55 bits per heavy atom. The molecule has 0 N–H and O–H groups in total. The van der Waals surface area contributed by atoms with Crippen LogP contribution < -0.4 is 0 Å². The molecular formula is C27H19N3O. The summed E-state index contributed by atoms with van der Waals surface area (Å²) in [5, 5.41) is 0.969. The molecule has 0 unspecified atom stereocenters. The summed E-state index contributed by atoms with van der Waals surface area (Å²) in [6, 6.07) is 23.7. The molecule has 31 heavy (non-hydrogen) atoms. The molecule has 0 bridgehead atoms. The maximum absolute atomic E-state index is 13.4. The summed E-state index contributed by atoms with van der Waals surface area (Å²) in [5.41, 5.74) is 6.67. The van der Waals surface area contributed by atoms with E-state index >= 15 is 0 Å². The standard InChI is InChI=1S/C27H19N3O/c1-18-26(25(31)14-12-19-11-13-23-24(17-19)29-16-15-28-23)27(20-7-3-2-4-8-20)21-9-5-6-10-22(21)30-18/h2-17H,1H3. The van der Waals surface area contributed by atoms with Gasteiger partial charge in [0.15, 0.2) is 5.78 Å². The van der Waals surface area contributed by atoms with Crippen molar-refractivity contribution in [3.63, 3.8) is 0 Å². The Labute approximate surface area is 179 Å². The van der Waals surface area contributed by atoms with Crippen molar-refractivity contribution in [1.82, 2.24) is 15.0 Å². The summed E-state index contributed by atoms with van der Waals surface area (Å²) >= 11 is 0. The number of allylic oxidation sites excluding steroid dienone is 1. The molecule has 0 aliphatic carbocycles. The van der Waals surface area contributed by atoms with Crippen LogP contribution in [0.2, 0.25) is 0 Å². The van der Waals surface area contributed by atoms with Gasteiger partial charge in [-0.15, -0.1) is 0 Å². The highest BCUT2D eigenvalue weighted by Gasteiger charge is 2.18. The lowest BCUT2D eigenvalue weighted by atomic mass is 9.92.